The number of carbonyl (C=O) groups excluding carboxylic acids is 1. The van der Waals surface area contributed by atoms with Crippen molar-refractivity contribution < 1.29 is 23.8 Å². The van der Waals surface area contributed by atoms with Gasteiger partial charge in [0.15, 0.2) is 17.3 Å². The smallest absolute Gasteiger partial charge is 0.223 e. The summed E-state index contributed by atoms with van der Waals surface area (Å²) in [5, 5.41) is 17.7. The van der Waals surface area contributed by atoms with Crippen LogP contribution >= 0.6 is 0 Å². The Balaban J connectivity index is 1.45. The highest BCUT2D eigenvalue weighted by molar-refractivity contribution is 5.96. The molecule has 0 saturated carbocycles. The van der Waals surface area contributed by atoms with E-state index in [0.717, 1.165) is 32.4 Å². The first-order valence-corrected chi connectivity index (χ1v) is 13.2. The number of aromatic nitrogens is 4. The van der Waals surface area contributed by atoms with Gasteiger partial charge in [0, 0.05) is 36.3 Å². The van der Waals surface area contributed by atoms with E-state index in [1.807, 2.05) is 0 Å². The summed E-state index contributed by atoms with van der Waals surface area (Å²) in [7, 11) is 1.56. The molecule has 1 unspecified atom stereocenters. The van der Waals surface area contributed by atoms with Gasteiger partial charge in [-0.05, 0) is 50.1 Å². The van der Waals surface area contributed by atoms with Crippen molar-refractivity contribution in [1.29, 1.82) is 0 Å². The molecule has 1 saturated heterocycles. The van der Waals surface area contributed by atoms with Gasteiger partial charge in [0.25, 0.3) is 0 Å². The Hall–Kier alpha value is -4.29. The zero-order valence-electron chi connectivity index (χ0n) is 22.2. The van der Waals surface area contributed by atoms with E-state index in [1.165, 1.54) is 18.5 Å². The molecule has 210 valence electrons. The van der Waals surface area contributed by atoms with Gasteiger partial charge >= 0.3 is 0 Å². The number of amides is 1. The predicted molar refractivity (Wildman–Crippen MR) is 148 cm³/mol. The van der Waals surface area contributed by atoms with Crippen LogP contribution in [0.25, 0.3) is 10.9 Å². The Morgan fingerprint density at radius 2 is 2.12 bits per heavy atom. The molecule has 0 aliphatic carbocycles. The van der Waals surface area contributed by atoms with Crippen LogP contribution in [0.4, 0.5) is 21.7 Å². The van der Waals surface area contributed by atoms with Gasteiger partial charge in [-0.3, -0.25) is 14.8 Å². The molecule has 1 aliphatic rings. The number of methoxy groups -OCH3 is 1. The van der Waals surface area contributed by atoms with Crippen LogP contribution in [0.5, 0.6) is 11.5 Å². The van der Waals surface area contributed by atoms with E-state index in [-0.39, 0.29) is 12.5 Å². The number of anilines is 3. The van der Waals surface area contributed by atoms with Crippen LogP contribution in [0.1, 0.15) is 25.0 Å². The van der Waals surface area contributed by atoms with Crippen LogP contribution in [0.15, 0.2) is 48.8 Å². The van der Waals surface area contributed by atoms with E-state index in [4.69, 9.17) is 15.2 Å². The number of fused-ring (bicyclic) bond motifs is 1. The molecule has 1 aliphatic heterocycles. The van der Waals surface area contributed by atoms with Crippen molar-refractivity contribution in [3.63, 3.8) is 0 Å². The quantitative estimate of drug-likeness (QED) is 0.240. The van der Waals surface area contributed by atoms with E-state index >= 15 is 0 Å². The molecule has 4 aromatic rings. The maximum Gasteiger partial charge on any atom is 0.223 e. The van der Waals surface area contributed by atoms with Gasteiger partial charge in [0.2, 0.25) is 5.91 Å². The highest BCUT2D eigenvalue weighted by Gasteiger charge is 2.22. The molecule has 11 nitrogen and oxygen atoms in total. The first-order valence-electron chi connectivity index (χ1n) is 13.2. The van der Waals surface area contributed by atoms with Crippen LogP contribution in [0, 0.1) is 5.82 Å². The number of carbonyl (C=O) groups is 1. The number of hydrogen-bond donors (Lipinski definition) is 3. The zero-order chi connectivity index (χ0) is 28.1. The second-order valence-electron chi connectivity index (χ2n) is 9.73. The van der Waals surface area contributed by atoms with Gasteiger partial charge in [-0.2, -0.15) is 5.10 Å². The molecule has 2 aromatic heterocycles. The Bertz CT molecular complexity index is 1480. The van der Waals surface area contributed by atoms with Crippen molar-refractivity contribution in [1.82, 2.24) is 25.1 Å². The SMILES string of the molecule is COc1cc2c(N(c3cccc(F)c3)c3cc(CC(N)=O)[nH]n3)ncnc2cc1OCCCN1CCCC(O)C1. The summed E-state index contributed by atoms with van der Waals surface area (Å²) >= 11 is 0. The summed E-state index contributed by atoms with van der Waals surface area (Å²) in [5.74, 6) is 0.920. The van der Waals surface area contributed by atoms with Crippen molar-refractivity contribution in [2.75, 3.05) is 38.3 Å². The summed E-state index contributed by atoms with van der Waals surface area (Å²) in [5.41, 5.74) is 6.92. The Kier molecular flexibility index (Phi) is 8.37. The Morgan fingerprint density at radius 3 is 2.90 bits per heavy atom. The first-order chi connectivity index (χ1) is 19.4. The van der Waals surface area contributed by atoms with Crippen LogP contribution in [0.3, 0.4) is 0 Å². The third-order valence-electron chi connectivity index (χ3n) is 6.75. The number of halogens is 1. The van der Waals surface area contributed by atoms with Gasteiger partial charge in [-0.15, -0.1) is 0 Å². The molecule has 40 heavy (non-hydrogen) atoms. The summed E-state index contributed by atoms with van der Waals surface area (Å²) in [6.07, 6.45) is 3.78. The van der Waals surface area contributed by atoms with E-state index in [0.29, 0.717) is 58.6 Å². The number of nitrogens with zero attached hydrogens (tertiary/aromatic N) is 5. The minimum absolute atomic E-state index is 0.0264. The lowest BCUT2D eigenvalue weighted by atomic mass is 10.1. The molecule has 1 amide bonds. The second kappa shape index (κ2) is 12.3. The van der Waals surface area contributed by atoms with Crippen molar-refractivity contribution in [2.45, 2.75) is 31.8 Å². The molecule has 1 atom stereocenters. The van der Waals surface area contributed by atoms with Crippen LogP contribution in [-0.4, -0.2) is 75.5 Å². The number of nitrogens with one attached hydrogen (secondary N) is 1. The molecule has 2 aromatic carbocycles. The number of aromatic amines is 1. The number of hydrogen-bond acceptors (Lipinski definition) is 9. The summed E-state index contributed by atoms with van der Waals surface area (Å²) < 4.78 is 26.0. The molecular formula is C28H32FN7O4. The lowest BCUT2D eigenvalue weighted by molar-refractivity contribution is -0.117. The van der Waals surface area contributed by atoms with Gasteiger partial charge in [-0.1, -0.05) is 6.07 Å². The van der Waals surface area contributed by atoms with Crippen LogP contribution < -0.4 is 20.1 Å². The van der Waals surface area contributed by atoms with Crippen LogP contribution in [0.2, 0.25) is 0 Å². The van der Waals surface area contributed by atoms with E-state index in [2.05, 4.69) is 25.1 Å². The number of primary amides is 1. The average Bonchev–Trinajstić information content (AvgIpc) is 3.38. The van der Waals surface area contributed by atoms with Gasteiger partial charge in [0.05, 0.1) is 37.4 Å². The van der Waals surface area contributed by atoms with Crippen LogP contribution in [-0.2, 0) is 11.2 Å². The fraction of sp³-hybridized carbons (Fsp3) is 0.357. The summed E-state index contributed by atoms with van der Waals surface area (Å²) in [4.78, 5) is 24.3. The highest BCUT2D eigenvalue weighted by Crippen LogP contribution is 2.40. The minimum Gasteiger partial charge on any atom is -0.493 e. The fourth-order valence-corrected chi connectivity index (χ4v) is 4.93. The number of likely N-dealkylation sites (tertiary alicyclic amines) is 1. The van der Waals surface area contributed by atoms with Gasteiger partial charge in [-0.25, -0.2) is 14.4 Å². The maximum atomic E-state index is 14.3. The molecular weight excluding hydrogens is 517 g/mol. The van der Waals surface area contributed by atoms with Gasteiger partial charge in [0.1, 0.15) is 18.0 Å². The third kappa shape index (κ3) is 6.29. The van der Waals surface area contributed by atoms with E-state index < -0.39 is 11.7 Å². The number of rotatable bonds is 11. The molecule has 0 radical (unpaired) electrons. The molecule has 1 fully saturated rings. The molecule has 0 bridgehead atoms. The zero-order valence-corrected chi connectivity index (χ0v) is 22.2. The van der Waals surface area contributed by atoms with E-state index in [9.17, 15) is 14.3 Å². The number of aliphatic hydroxyl groups excluding tert-OH is 1. The van der Waals surface area contributed by atoms with Gasteiger partial charge < -0.3 is 25.2 Å². The monoisotopic (exact) mass is 549 g/mol. The lowest BCUT2D eigenvalue weighted by Crippen LogP contribution is -2.39. The number of β-amino-alcohol motifs (C(OH)–C–C–N with tert-alkyl or cyclic N) is 1. The molecule has 4 N–H and O–H groups in total. The normalized spacial score (nSPS) is 15.7. The first kappa shape index (κ1) is 27.3. The lowest BCUT2D eigenvalue weighted by Gasteiger charge is -2.29. The highest BCUT2D eigenvalue weighted by atomic mass is 19.1. The molecule has 5 rings (SSSR count). The Morgan fingerprint density at radius 1 is 1.25 bits per heavy atom. The standard InChI is InChI=1S/C28H32FN7O4/c1-39-24-14-22-23(15-25(24)40-10-4-9-35-8-3-7-21(37)16-35)31-17-32-28(22)36(20-6-2-5-18(29)11-20)27-13-19(33-34-27)12-26(30)38/h2,5-6,11,13-15,17,21,37H,3-4,7-10,12,16H2,1H3,(H2,30,38)(H,33,34). The number of benzene rings is 2. The molecule has 0 spiro atoms. The summed E-state index contributed by atoms with van der Waals surface area (Å²) in [6.45, 7) is 2.99. The maximum absolute atomic E-state index is 14.3. The number of piperidine rings is 1. The largest absolute Gasteiger partial charge is 0.493 e. The fourth-order valence-electron chi connectivity index (χ4n) is 4.93. The second-order valence-corrected chi connectivity index (χ2v) is 9.73. The van der Waals surface area contributed by atoms with Crippen molar-refractivity contribution in [2.24, 2.45) is 5.73 Å². The Labute approximate surface area is 230 Å². The topological polar surface area (TPSA) is 143 Å². The van der Waals surface area contributed by atoms with Crippen molar-refractivity contribution in [3.05, 3.63) is 60.3 Å². The summed E-state index contributed by atoms with van der Waals surface area (Å²) in [6, 6.07) is 11.3. The van der Waals surface area contributed by atoms with Crippen molar-refractivity contribution >= 4 is 34.1 Å². The third-order valence-corrected chi connectivity index (χ3v) is 6.75. The van der Waals surface area contributed by atoms with Crippen molar-refractivity contribution in [3.8, 4) is 11.5 Å². The molecule has 12 heteroatoms. The average molecular weight is 550 g/mol. The molecule has 3 heterocycles. The number of nitrogens with two attached hydrogens (primary N) is 1. The number of H-pyrrole nitrogens is 1. The predicted octanol–water partition coefficient (Wildman–Crippen LogP) is 3.22. The number of ether oxygens (including phenoxy) is 2. The number of aliphatic hydroxyl groups is 1. The van der Waals surface area contributed by atoms with E-state index in [1.54, 1.807) is 42.3 Å². The minimum atomic E-state index is -0.509.